The summed E-state index contributed by atoms with van der Waals surface area (Å²) in [5.74, 6) is 0.599. The van der Waals surface area contributed by atoms with Gasteiger partial charge in [0.1, 0.15) is 22.8 Å². The Bertz CT molecular complexity index is 920. The Labute approximate surface area is 168 Å². The lowest BCUT2D eigenvalue weighted by molar-refractivity contribution is -0.131. The Morgan fingerprint density at radius 3 is 2.54 bits per heavy atom. The Kier molecular flexibility index (Phi) is 6.92. The van der Waals surface area contributed by atoms with Crippen molar-refractivity contribution in [2.24, 2.45) is 0 Å². The Morgan fingerprint density at radius 2 is 1.86 bits per heavy atom. The second-order valence-corrected chi connectivity index (χ2v) is 7.47. The molecule has 5 nitrogen and oxygen atoms in total. The van der Waals surface area contributed by atoms with Crippen LogP contribution in [-0.2, 0) is 4.79 Å². The standard InChI is InChI=1S/C21H25FN4OS/c1-3-11-26(12-4-2)18(27)9-10-23-20-19-17(13-28-21(19)25-14-24-20)15-5-7-16(22)8-6-15/h5-8,13-14H,3-4,9-12H2,1-2H3,(H,23,24,25). The molecule has 7 heteroatoms. The zero-order valence-corrected chi connectivity index (χ0v) is 17.1. The molecule has 2 aromatic heterocycles. The van der Waals surface area contributed by atoms with Gasteiger partial charge in [-0.15, -0.1) is 11.3 Å². The molecule has 0 aliphatic heterocycles. The van der Waals surface area contributed by atoms with Crippen LogP contribution >= 0.6 is 11.3 Å². The van der Waals surface area contributed by atoms with Crippen molar-refractivity contribution in [3.63, 3.8) is 0 Å². The van der Waals surface area contributed by atoms with E-state index in [1.54, 1.807) is 12.1 Å². The quantitative estimate of drug-likeness (QED) is 0.552. The van der Waals surface area contributed by atoms with Crippen LogP contribution in [0, 0.1) is 5.82 Å². The molecule has 0 saturated carbocycles. The molecule has 0 saturated heterocycles. The fraction of sp³-hybridized carbons (Fsp3) is 0.381. The van der Waals surface area contributed by atoms with Crippen LogP contribution in [0.1, 0.15) is 33.1 Å². The first-order valence-corrected chi connectivity index (χ1v) is 10.5. The summed E-state index contributed by atoms with van der Waals surface area (Å²) in [7, 11) is 0. The van der Waals surface area contributed by atoms with E-state index in [0.29, 0.717) is 18.8 Å². The number of anilines is 1. The second-order valence-electron chi connectivity index (χ2n) is 6.62. The molecule has 0 atom stereocenters. The molecule has 28 heavy (non-hydrogen) atoms. The van der Waals surface area contributed by atoms with E-state index in [0.717, 1.165) is 47.3 Å². The van der Waals surface area contributed by atoms with Gasteiger partial charge >= 0.3 is 0 Å². The number of carbonyl (C=O) groups is 1. The highest BCUT2D eigenvalue weighted by molar-refractivity contribution is 7.17. The average Bonchev–Trinajstić information content (AvgIpc) is 3.13. The minimum absolute atomic E-state index is 0.158. The van der Waals surface area contributed by atoms with Crippen LogP contribution in [0.5, 0.6) is 0 Å². The molecule has 0 spiro atoms. The summed E-state index contributed by atoms with van der Waals surface area (Å²) in [6.07, 6.45) is 3.86. The third kappa shape index (κ3) is 4.65. The van der Waals surface area contributed by atoms with Crippen molar-refractivity contribution in [1.82, 2.24) is 14.9 Å². The van der Waals surface area contributed by atoms with Gasteiger partial charge in [-0.1, -0.05) is 26.0 Å². The van der Waals surface area contributed by atoms with Crippen molar-refractivity contribution in [2.45, 2.75) is 33.1 Å². The summed E-state index contributed by atoms with van der Waals surface area (Å²) >= 11 is 1.52. The van der Waals surface area contributed by atoms with E-state index in [1.807, 2.05) is 10.3 Å². The summed E-state index contributed by atoms with van der Waals surface area (Å²) in [6.45, 7) is 6.26. The van der Waals surface area contributed by atoms with Gasteiger partial charge in [-0.3, -0.25) is 4.79 Å². The Hall–Kier alpha value is -2.54. The van der Waals surface area contributed by atoms with Gasteiger partial charge < -0.3 is 10.2 Å². The van der Waals surface area contributed by atoms with Gasteiger partial charge in [-0.05, 0) is 30.5 Å². The van der Waals surface area contributed by atoms with Crippen LogP contribution in [0.4, 0.5) is 10.2 Å². The van der Waals surface area contributed by atoms with Gasteiger partial charge in [0, 0.05) is 37.0 Å². The van der Waals surface area contributed by atoms with Crippen molar-refractivity contribution in [1.29, 1.82) is 0 Å². The second kappa shape index (κ2) is 9.59. The van der Waals surface area contributed by atoms with Gasteiger partial charge in [0.05, 0.1) is 5.39 Å². The minimum atomic E-state index is -0.264. The minimum Gasteiger partial charge on any atom is -0.369 e. The lowest BCUT2D eigenvalue weighted by Gasteiger charge is -2.21. The van der Waals surface area contributed by atoms with Crippen molar-refractivity contribution in [2.75, 3.05) is 25.0 Å². The summed E-state index contributed by atoms with van der Waals surface area (Å²) < 4.78 is 13.3. The number of nitrogens with zero attached hydrogens (tertiary/aromatic N) is 3. The third-order valence-electron chi connectivity index (χ3n) is 4.50. The van der Waals surface area contributed by atoms with E-state index in [9.17, 15) is 9.18 Å². The predicted molar refractivity (Wildman–Crippen MR) is 113 cm³/mol. The van der Waals surface area contributed by atoms with Gasteiger partial charge in [-0.2, -0.15) is 0 Å². The fourth-order valence-electron chi connectivity index (χ4n) is 3.20. The molecule has 3 aromatic rings. The number of benzene rings is 1. The number of nitrogens with one attached hydrogen (secondary N) is 1. The summed E-state index contributed by atoms with van der Waals surface area (Å²) in [5.41, 5.74) is 1.88. The highest BCUT2D eigenvalue weighted by atomic mass is 32.1. The van der Waals surface area contributed by atoms with Crippen LogP contribution < -0.4 is 5.32 Å². The molecule has 1 aromatic carbocycles. The Balaban J connectivity index is 1.75. The number of hydrogen-bond acceptors (Lipinski definition) is 5. The predicted octanol–water partition coefficient (Wildman–Crippen LogP) is 4.95. The van der Waals surface area contributed by atoms with Crippen molar-refractivity contribution < 1.29 is 9.18 Å². The number of thiophene rings is 1. The van der Waals surface area contributed by atoms with Crippen LogP contribution in [0.15, 0.2) is 36.0 Å². The number of hydrogen-bond donors (Lipinski definition) is 1. The smallest absolute Gasteiger partial charge is 0.224 e. The van der Waals surface area contributed by atoms with Crippen molar-refractivity contribution in [3.8, 4) is 11.1 Å². The molecule has 0 radical (unpaired) electrons. The van der Waals surface area contributed by atoms with Crippen LogP contribution in [0.25, 0.3) is 21.3 Å². The van der Waals surface area contributed by atoms with Gasteiger partial charge in [0.25, 0.3) is 0 Å². The summed E-state index contributed by atoms with van der Waals surface area (Å²) in [4.78, 5) is 24.0. The molecule has 1 N–H and O–H groups in total. The van der Waals surface area contributed by atoms with Gasteiger partial charge in [0.15, 0.2) is 0 Å². The molecule has 148 valence electrons. The van der Waals surface area contributed by atoms with E-state index in [-0.39, 0.29) is 11.7 Å². The van der Waals surface area contributed by atoms with Crippen molar-refractivity contribution >= 4 is 33.3 Å². The molecule has 0 bridgehead atoms. The first kappa shape index (κ1) is 20.2. The maximum Gasteiger partial charge on any atom is 0.224 e. The van der Waals surface area contributed by atoms with Crippen LogP contribution in [0.3, 0.4) is 0 Å². The SMILES string of the molecule is CCCN(CCC)C(=O)CCNc1ncnc2scc(-c3ccc(F)cc3)c12. The fourth-order valence-corrected chi connectivity index (χ4v) is 4.11. The summed E-state index contributed by atoms with van der Waals surface area (Å²) in [6, 6.07) is 6.41. The average molecular weight is 401 g/mol. The van der Waals surface area contributed by atoms with E-state index < -0.39 is 0 Å². The molecule has 2 heterocycles. The lowest BCUT2D eigenvalue weighted by atomic mass is 10.1. The van der Waals surface area contributed by atoms with E-state index in [2.05, 4.69) is 29.1 Å². The number of halogens is 1. The molecule has 3 rings (SSSR count). The third-order valence-corrected chi connectivity index (χ3v) is 5.38. The monoisotopic (exact) mass is 400 g/mol. The number of carbonyl (C=O) groups excluding carboxylic acids is 1. The van der Waals surface area contributed by atoms with Crippen LogP contribution in [0.2, 0.25) is 0 Å². The molecule has 0 unspecified atom stereocenters. The topological polar surface area (TPSA) is 58.1 Å². The Morgan fingerprint density at radius 1 is 1.14 bits per heavy atom. The highest BCUT2D eigenvalue weighted by Crippen LogP contribution is 2.36. The number of fused-ring (bicyclic) bond motifs is 1. The number of aromatic nitrogens is 2. The molecule has 0 aliphatic carbocycles. The molecule has 0 aliphatic rings. The zero-order chi connectivity index (χ0) is 19.9. The number of rotatable bonds is 9. The first-order valence-electron chi connectivity index (χ1n) is 9.63. The molecular formula is C21H25FN4OS. The molecule has 1 amide bonds. The maximum absolute atomic E-state index is 13.3. The largest absolute Gasteiger partial charge is 0.369 e. The van der Waals surface area contributed by atoms with Gasteiger partial charge in [0.2, 0.25) is 5.91 Å². The van der Waals surface area contributed by atoms with E-state index >= 15 is 0 Å². The van der Waals surface area contributed by atoms with E-state index in [1.165, 1.54) is 29.8 Å². The number of amides is 1. The molecular weight excluding hydrogens is 375 g/mol. The van der Waals surface area contributed by atoms with Crippen molar-refractivity contribution in [3.05, 3.63) is 41.8 Å². The zero-order valence-electron chi connectivity index (χ0n) is 16.2. The van der Waals surface area contributed by atoms with E-state index in [4.69, 9.17) is 0 Å². The van der Waals surface area contributed by atoms with Crippen LogP contribution in [-0.4, -0.2) is 40.4 Å². The summed E-state index contributed by atoms with van der Waals surface area (Å²) in [5, 5.41) is 6.21. The normalized spacial score (nSPS) is 11.0. The lowest BCUT2D eigenvalue weighted by Crippen LogP contribution is -2.33. The highest BCUT2D eigenvalue weighted by Gasteiger charge is 2.15. The first-order chi connectivity index (χ1) is 13.6. The van der Waals surface area contributed by atoms with Gasteiger partial charge in [-0.25, -0.2) is 14.4 Å². The maximum atomic E-state index is 13.3. The molecule has 0 fully saturated rings.